The number of ketones is 1. The number of hydrogen-bond donors (Lipinski definition) is 1. The summed E-state index contributed by atoms with van der Waals surface area (Å²) in [5.74, 6) is 1.04. The molecule has 0 fully saturated rings. The Bertz CT molecular complexity index is 1650. The van der Waals surface area contributed by atoms with Gasteiger partial charge in [-0.25, -0.2) is 4.98 Å². The van der Waals surface area contributed by atoms with Gasteiger partial charge in [0.05, 0.1) is 17.1 Å². The van der Waals surface area contributed by atoms with E-state index >= 15 is 0 Å². The van der Waals surface area contributed by atoms with Crippen molar-refractivity contribution in [1.29, 1.82) is 0 Å². The van der Waals surface area contributed by atoms with Gasteiger partial charge in [0.15, 0.2) is 0 Å². The molecule has 1 heterocycles. The first kappa shape index (κ1) is 34.2. The zero-order chi connectivity index (χ0) is 30.7. The van der Waals surface area contributed by atoms with E-state index in [1.807, 2.05) is 0 Å². The van der Waals surface area contributed by atoms with Crippen LogP contribution in [0.3, 0.4) is 0 Å². The van der Waals surface area contributed by atoms with E-state index in [-0.39, 0.29) is 40.0 Å². The quantitative estimate of drug-likeness (QED) is 0.218. The first-order chi connectivity index (χ1) is 19.9. The second kappa shape index (κ2) is 14.5. The molecule has 1 aromatic heterocycles. The van der Waals surface area contributed by atoms with Gasteiger partial charge in [0.1, 0.15) is 11.6 Å². The Morgan fingerprint density at radius 3 is 1.77 bits per heavy atom. The molecule has 0 saturated carbocycles. The van der Waals surface area contributed by atoms with Gasteiger partial charge < -0.3 is 9.67 Å². The monoisotopic (exact) mass is 753 g/mol. The average Bonchev–Trinajstić information content (AvgIpc) is 3.23. The summed E-state index contributed by atoms with van der Waals surface area (Å²) in [5.41, 5.74) is 15.5. The van der Waals surface area contributed by atoms with E-state index in [0.29, 0.717) is 0 Å². The molecule has 0 radical (unpaired) electrons. The minimum atomic E-state index is -0.475. The third-order valence-corrected chi connectivity index (χ3v) is 7.90. The van der Waals surface area contributed by atoms with Crippen LogP contribution in [-0.4, -0.2) is 33.3 Å². The first-order valence-electron chi connectivity index (χ1n) is 14.7. The zero-order valence-electron chi connectivity index (χ0n) is 26.9. The van der Waals surface area contributed by atoms with Gasteiger partial charge in [0.25, 0.3) is 0 Å². The second-order valence-electron chi connectivity index (χ2n) is 11.9. The largest absolute Gasteiger partial charge is 2.00 e. The molecule has 0 amide bonds. The Labute approximate surface area is 271 Å². The van der Waals surface area contributed by atoms with Gasteiger partial charge in [-0.1, -0.05) is 110 Å². The number of benzene rings is 4. The molecule has 5 aromatic rings. The number of aryl methyl sites for hydroxylation is 7. The molecule has 4 aromatic carbocycles. The summed E-state index contributed by atoms with van der Waals surface area (Å²) >= 11 is 0. The van der Waals surface area contributed by atoms with Crippen molar-refractivity contribution >= 4 is 39.9 Å². The van der Waals surface area contributed by atoms with E-state index in [4.69, 9.17) is 10.1 Å². The van der Waals surface area contributed by atoms with Crippen LogP contribution in [0, 0.1) is 41.5 Å². The number of rotatable bonds is 6. The molecule has 0 aliphatic heterocycles. The van der Waals surface area contributed by atoms with Crippen molar-refractivity contribution in [1.82, 2.24) is 9.55 Å². The summed E-state index contributed by atoms with van der Waals surface area (Å²) in [4.78, 5) is 15.1. The summed E-state index contributed by atoms with van der Waals surface area (Å²) in [6.45, 7) is 16.6. The maximum Gasteiger partial charge on any atom is 2.00 e. The summed E-state index contributed by atoms with van der Waals surface area (Å²) in [6.07, 6.45) is -0.197. The minimum Gasteiger partial charge on any atom is -0.393 e. The Balaban J connectivity index is 0.000000567. The minimum absolute atomic E-state index is 0. The van der Waals surface area contributed by atoms with Crippen molar-refractivity contribution < 1.29 is 31.0 Å². The van der Waals surface area contributed by atoms with Crippen molar-refractivity contribution in [3.8, 4) is 11.4 Å². The number of fused-ring (bicyclic) bond motifs is 1. The normalized spacial score (nSPS) is 11.4. The molecular formula is C37H43BN2O2Pt+2. The third-order valence-electron chi connectivity index (χ3n) is 7.90. The second-order valence-corrected chi connectivity index (χ2v) is 11.9. The fraction of sp³-hybridized carbons (Fsp3) is 0.297. The number of aromatic nitrogens is 2. The van der Waals surface area contributed by atoms with E-state index in [2.05, 4.69) is 126 Å². The summed E-state index contributed by atoms with van der Waals surface area (Å²) in [6, 6.07) is 26.7. The van der Waals surface area contributed by atoms with Crippen molar-refractivity contribution in [3.05, 3.63) is 106 Å². The molecule has 0 aliphatic rings. The Morgan fingerprint density at radius 2 is 1.33 bits per heavy atom. The van der Waals surface area contributed by atoms with Gasteiger partial charge in [0, 0.05) is 19.0 Å². The van der Waals surface area contributed by atoms with Crippen LogP contribution in [0.4, 0.5) is 0 Å². The van der Waals surface area contributed by atoms with Crippen molar-refractivity contribution in [2.24, 2.45) is 7.05 Å². The molecule has 4 nitrogen and oxygen atoms in total. The fourth-order valence-corrected chi connectivity index (χ4v) is 6.45. The van der Waals surface area contributed by atoms with Crippen LogP contribution in [0.2, 0.25) is 0 Å². The predicted octanol–water partition coefficient (Wildman–Crippen LogP) is 5.95. The molecule has 1 atom stereocenters. The molecule has 1 N–H and O–H groups in total. The SMILES string of the molecule is CC(=O)CC(C)O.Cc1cc(C)c(B(c2cccc(-c3nc4ccccc4n3C)c2)c2c(C)cc(C)cc2C)c(C)c1.[Pt+2]. The van der Waals surface area contributed by atoms with Crippen molar-refractivity contribution in [2.75, 3.05) is 0 Å². The van der Waals surface area contributed by atoms with Crippen molar-refractivity contribution in [3.63, 3.8) is 0 Å². The molecule has 1 unspecified atom stereocenters. The molecule has 224 valence electrons. The fourth-order valence-electron chi connectivity index (χ4n) is 6.45. The molecule has 5 rings (SSSR count). The van der Waals surface area contributed by atoms with Crippen LogP contribution in [0.15, 0.2) is 72.8 Å². The molecule has 43 heavy (non-hydrogen) atoms. The molecule has 6 heteroatoms. The molecule has 0 bridgehead atoms. The average molecular weight is 754 g/mol. The zero-order valence-corrected chi connectivity index (χ0v) is 29.1. The van der Waals surface area contributed by atoms with Gasteiger partial charge in [-0.05, 0) is 67.5 Å². The van der Waals surface area contributed by atoms with Gasteiger partial charge in [-0.2, -0.15) is 0 Å². The molecule has 0 aliphatic carbocycles. The van der Waals surface area contributed by atoms with E-state index < -0.39 is 6.10 Å². The number of para-hydroxylation sites is 2. The van der Waals surface area contributed by atoms with Crippen LogP contribution >= 0.6 is 0 Å². The summed E-state index contributed by atoms with van der Waals surface area (Å²) in [5, 5.41) is 8.50. The number of carbonyl (C=O) groups excluding carboxylic acids is 1. The van der Waals surface area contributed by atoms with Crippen LogP contribution in [0.1, 0.15) is 53.6 Å². The molecular weight excluding hydrogens is 710 g/mol. The number of Topliss-reactive ketones (excluding diaryl/α,β-unsaturated/α-hetero) is 1. The summed E-state index contributed by atoms with van der Waals surface area (Å²) < 4.78 is 2.20. The standard InChI is InChI=1S/C32H33BN2.C5H10O2.Pt/c1-20-15-22(3)30(23(4)16-20)33(31-24(5)17-21(2)18-25(31)6)27-12-10-11-26(19-27)32-34-28-13-8-9-14-29(28)35(32)7;1-4(6)3-5(2)7;/h8-19H,1-7H3;4,6H,3H2,1-2H3;/q;;+2. The van der Waals surface area contributed by atoms with Crippen LogP contribution < -0.4 is 16.4 Å². The smallest absolute Gasteiger partial charge is 0.393 e. The van der Waals surface area contributed by atoms with E-state index in [1.165, 1.54) is 56.7 Å². The van der Waals surface area contributed by atoms with E-state index in [0.717, 1.165) is 22.4 Å². The van der Waals surface area contributed by atoms with Crippen molar-refractivity contribution in [2.45, 2.75) is 67.9 Å². The Kier molecular flexibility index (Phi) is 11.5. The van der Waals surface area contributed by atoms with E-state index in [1.54, 1.807) is 6.92 Å². The van der Waals surface area contributed by atoms with Gasteiger partial charge in [-0.15, -0.1) is 0 Å². The van der Waals surface area contributed by atoms with Gasteiger partial charge in [-0.3, -0.25) is 4.79 Å². The maximum atomic E-state index is 10.1. The Hall–Kier alpha value is -3.27. The van der Waals surface area contributed by atoms with E-state index in [9.17, 15) is 4.79 Å². The number of carbonyl (C=O) groups is 1. The first-order valence-corrected chi connectivity index (χ1v) is 14.7. The van der Waals surface area contributed by atoms with Gasteiger partial charge >= 0.3 is 21.1 Å². The number of hydrogen-bond acceptors (Lipinski definition) is 3. The summed E-state index contributed by atoms with van der Waals surface area (Å²) in [7, 11) is 2.11. The number of imidazole rings is 1. The number of nitrogens with zero attached hydrogens (tertiary/aromatic N) is 2. The topological polar surface area (TPSA) is 55.1 Å². The molecule has 0 spiro atoms. The predicted molar refractivity (Wildman–Crippen MR) is 179 cm³/mol. The Morgan fingerprint density at radius 1 is 0.814 bits per heavy atom. The van der Waals surface area contributed by atoms with Crippen LogP contribution in [-0.2, 0) is 32.9 Å². The van der Waals surface area contributed by atoms with Gasteiger partial charge in [0.2, 0.25) is 6.71 Å². The van der Waals surface area contributed by atoms with Crippen LogP contribution in [0.25, 0.3) is 22.4 Å². The third kappa shape index (κ3) is 7.82. The molecule has 0 saturated heterocycles. The number of aliphatic hydroxyl groups is 1. The maximum absolute atomic E-state index is 10.1. The van der Waals surface area contributed by atoms with Crippen LogP contribution in [0.5, 0.6) is 0 Å². The number of aliphatic hydroxyl groups excluding tert-OH is 1.